The summed E-state index contributed by atoms with van der Waals surface area (Å²) < 4.78 is 226. The second kappa shape index (κ2) is 10.8. The van der Waals surface area contributed by atoms with E-state index in [1.54, 1.807) is 0 Å². The van der Waals surface area contributed by atoms with Crippen molar-refractivity contribution in [2.24, 2.45) is 0 Å². The predicted octanol–water partition coefficient (Wildman–Crippen LogP) is 6.48. The van der Waals surface area contributed by atoms with Crippen molar-refractivity contribution in [3.8, 4) is 0 Å². The van der Waals surface area contributed by atoms with Crippen LogP contribution in [0.25, 0.3) is 0 Å². The van der Waals surface area contributed by atoms with E-state index < -0.39 is 81.5 Å². The van der Waals surface area contributed by atoms with Crippen LogP contribution in [0.3, 0.4) is 0 Å². The maximum atomic E-state index is 14.2. The van der Waals surface area contributed by atoms with Gasteiger partial charge in [0.1, 0.15) is 0 Å². The highest BCUT2D eigenvalue weighted by Gasteiger charge is 2.95. The van der Waals surface area contributed by atoms with E-state index in [4.69, 9.17) is 0 Å². The molecule has 0 aliphatic rings. The summed E-state index contributed by atoms with van der Waals surface area (Å²) in [5.74, 6) is -65.0. The molecule has 1 amide bonds. The standard InChI is InChI=1S/C19H10ClF16NO5/c1-41-9(38)6-3-4-7(10(39)42-2)8(5-6)37-11(40)12(21,22)13(23,24)14(25,26)15(27,28)16(29,30)17(31,32)18(33,34)19(20,35)36/h3-5H,1-2H3,(H,37,40). The number of nitrogens with one attached hydrogen (secondary N) is 1. The molecule has 0 heterocycles. The number of amides is 1. The topological polar surface area (TPSA) is 81.7 Å². The lowest BCUT2D eigenvalue weighted by Crippen LogP contribution is -2.75. The second-order valence-electron chi connectivity index (χ2n) is 7.72. The number of hydrogen-bond acceptors (Lipinski definition) is 5. The van der Waals surface area contributed by atoms with Gasteiger partial charge in [-0.15, -0.1) is 0 Å². The fourth-order valence-electron chi connectivity index (χ4n) is 2.69. The monoisotopic (exact) mass is 671 g/mol. The molecule has 0 aliphatic heterocycles. The smallest absolute Gasteiger partial charge is 0.393 e. The number of carbonyl (C=O) groups excluding carboxylic acids is 3. The Morgan fingerprint density at radius 2 is 1.00 bits per heavy atom. The number of hydrogen-bond donors (Lipinski definition) is 1. The Morgan fingerprint density at radius 1 is 0.619 bits per heavy atom. The SMILES string of the molecule is COC(=O)c1ccc(C(=O)OC)c(NC(=O)C(F)(F)C(F)(F)C(F)(F)C(F)(F)C(F)(F)C(F)(F)C(F)(F)C(F)(F)Cl)c1. The van der Waals surface area contributed by atoms with Gasteiger partial charge >= 0.3 is 64.7 Å². The van der Waals surface area contributed by atoms with E-state index in [2.05, 4.69) is 21.1 Å². The third-order valence-electron chi connectivity index (χ3n) is 5.10. The van der Waals surface area contributed by atoms with Gasteiger partial charge in [0.05, 0.1) is 31.0 Å². The molecule has 0 spiro atoms. The molecule has 0 bridgehead atoms. The van der Waals surface area contributed by atoms with Crippen LogP contribution in [-0.4, -0.2) is 78.9 Å². The van der Waals surface area contributed by atoms with Crippen LogP contribution in [0.15, 0.2) is 18.2 Å². The highest BCUT2D eigenvalue weighted by molar-refractivity contribution is 6.22. The number of methoxy groups -OCH3 is 2. The van der Waals surface area contributed by atoms with Gasteiger partial charge in [0.15, 0.2) is 0 Å². The van der Waals surface area contributed by atoms with Crippen LogP contribution in [0.2, 0.25) is 0 Å². The van der Waals surface area contributed by atoms with Gasteiger partial charge in [0.2, 0.25) is 0 Å². The molecule has 1 N–H and O–H groups in total. The Bertz CT molecular complexity index is 1230. The number of ether oxygens (including phenoxy) is 2. The summed E-state index contributed by atoms with van der Waals surface area (Å²) in [6.07, 6.45) is 0. The highest BCUT2D eigenvalue weighted by atomic mass is 35.5. The van der Waals surface area contributed by atoms with Gasteiger partial charge in [-0.1, -0.05) is 0 Å². The number of esters is 2. The summed E-state index contributed by atoms with van der Waals surface area (Å²) in [7, 11) is 1.29. The molecule has 0 saturated carbocycles. The van der Waals surface area contributed by atoms with Crippen molar-refractivity contribution in [1.82, 2.24) is 0 Å². The zero-order valence-electron chi connectivity index (χ0n) is 19.7. The minimum absolute atomic E-state index is 0.167. The largest absolute Gasteiger partial charge is 0.465 e. The first-order chi connectivity index (χ1) is 18.5. The van der Waals surface area contributed by atoms with E-state index in [9.17, 15) is 84.6 Å². The number of rotatable bonds is 11. The molecule has 42 heavy (non-hydrogen) atoms. The zero-order chi connectivity index (χ0) is 33.7. The maximum Gasteiger partial charge on any atom is 0.393 e. The van der Waals surface area contributed by atoms with Crippen molar-refractivity contribution in [3.63, 3.8) is 0 Å². The quantitative estimate of drug-likeness (QED) is 0.166. The fraction of sp³-hybridized carbons (Fsp3) is 0.526. The van der Waals surface area contributed by atoms with Crippen LogP contribution >= 0.6 is 11.6 Å². The van der Waals surface area contributed by atoms with E-state index in [1.807, 2.05) is 0 Å². The van der Waals surface area contributed by atoms with Crippen molar-refractivity contribution in [3.05, 3.63) is 29.3 Å². The number of halogens is 17. The number of benzene rings is 1. The Hall–Kier alpha value is -3.20. The molecule has 1 aromatic rings. The summed E-state index contributed by atoms with van der Waals surface area (Å²) in [6.45, 7) is 0. The van der Waals surface area contributed by atoms with Crippen LogP contribution in [0, 0.1) is 0 Å². The van der Waals surface area contributed by atoms with E-state index >= 15 is 0 Å². The van der Waals surface area contributed by atoms with Gasteiger partial charge in [-0.2, -0.15) is 70.2 Å². The molecule has 0 atom stereocenters. The van der Waals surface area contributed by atoms with Gasteiger partial charge in [-0.3, -0.25) is 4.79 Å². The minimum atomic E-state index is -8.77. The molecule has 0 aromatic heterocycles. The van der Waals surface area contributed by atoms with Crippen molar-refractivity contribution < 1.29 is 94.1 Å². The molecular formula is C19H10ClF16NO5. The van der Waals surface area contributed by atoms with Crippen LogP contribution in [-0.2, 0) is 14.3 Å². The van der Waals surface area contributed by atoms with Gasteiger partial charge in [-0.25, -0.2) is 9.59 Å². The van der Waals surface area contributed by atoms with Crippen molar-refractivity contribution >= 4 is 35.1 Å². The summed E-state index contributed by atoms with van der Waals surface area (Å²) in [4.78, 5) is 35.1. The van der Waals surface area contributed by atoms with Crippen molar-refractivity contribution in [2.45, 2.75) is 46.8 Å². The summed E-state index contributed by atoms with van der Waals surface area (Å²) >= 11 is 3.43. The lowest BCUT2D eigenvalue weighted by atomic mass is 9.89. The Labute approximate surface area is 225 Å². The zero-order valence-corrected chi connectivity index (χ0v) is 20.5. The first kappa shape index (κ1) is 36.8. The van der Waals surface area contributed by atoms with E-state index in [0.717, 1.165) is 0 Å². The summed E-state index contributed by atoms with van der Waals surface area (Å²) in [5, 5.41) is -6.34. The van der Waals surface area contributed by atoms with Crippen molar-refractivity contribution in [2.75, 3.05) is 19.5 Å². The summed E-state index contributed by atoms with van der Waals surface area (Å²) in [6, 6.07) is 1.26. The maximum absolute atomic E-state index is 14.2. The third kappa shape index (κ3) is 5.25. The molecule has 0 saturated heterocycles. The number of carbonyl (C=O) groups is 3. The molecule has 0 fully saturated rings. The minimum Gasteiger partial charge on any atom is -0.465 e. The number of alkyl halides is 17. The molecule has 240 valence electrons. The van der Waals surface area contributed by atoms with E-state index in [-0.39, 0.29) is 6.07 Å². The first-order valence-corrected chi connectivity index (χ1v) is 10.2. The molecule has 1 rings (SSSR count). The van der Waals surface area contributed by atoms with Crippen LogP contribution in [0.4, 0.5) is 75.9 Å². The lowest BCUT2D eigenvalue weighted by molar-refractivity contribution is -0.445. The first-order valence-electron chi connectivity index (χ1n) is 9.79. The van der Waals surface area contributed by atoms with Crippen LogP contribution < -0.4 is 5.32 Å². The molecule has 0 radical (unpaired) electrons. The molecule has 0 aliphatic carbocycles. The normalized spacial score (nSPS) is 14.4. The van der Waals surface area contributed by atoms with Crippen LogP contribution in [0.5, 0.6) is 0 Å². The third-order valence-corrected chi connectivity index (χ3v) is 5.34. The fourth-order valence-corrected chi connectivity index (χ4v) is 2.81. The van der Waals surface area contributed by atoms with Gasteiger partial charge in [-0.05, 0) is 29.8 Å². The van der Waals surface area contributed by atoms with Gasteiger partial charge in [0.25, 0.3) is 0 Å². The molecule has 6 nitrogen and oxygen atoms in total. The molecule has 1 aromatic carbocycles. The molecular weight excluding hydrogens is 662 g/mol. The van der Waals surface area contributed by atoms with Crippen molar-refractivity contribution in [1.29, 1.82) is 0 Å². The number of anilines is 1. The summed E-state index contributed by atoms with van der Waals surface area (Å²) in [5.41, 5.74) is -3.43. The Kier molecular flexibility index (Phi) is 9.48. The Morgan fingerprint density at radius 3 is 1.38 bits per heavy atom. The predicted molar refractivity (Wildman–Crippen MR) is 103 cm³/mol. The highest BCUT2D eigenvalue weighted by Crippen LogP contribution is 2.64. The van der Waals surface area contributed by atoms with Gasteiger partial charge < -0.3 is 14.8 Å². The second-order valence-corrected chi connectivity index (χ2v) is 8.19. The molecule has 0 unspecified atom stereocenters. The Balaban J connectivity index is 3.72. The van der Waals surface area contributed by atoms with E-state index in [0.29, 0.717) is 31.7 Å². The van der Waals surface area contributed by atoms with Gasteiger partial charge in [0, 0.05) is 0 Å². The molecule has 23 heteroatoms. The average molecular weight is 672 g/mol. The van der Waals surface area contributed by atoms with Crippen LogP contribution in [0.1, 0.15) is 20.7 Å². The van der Waals surface area contributed by atoms with E-state index in [1.165, 1.54) is 0 Å². The average Bonchev–Trinajstić information content (AvgIpc) is 2.86. The lowest BCUT2D eigenvalue weighted by Gasteiger charge is -2.42.